The van der Waals surface area contributed by atoms with E-state index >= 15 is 0 Å². The van der Waals surface area contributed by atoms with Gasteiger partial charge in [-0.2, -0.15) is 0 Å². The van der Waals surface area contributed by atoms with Gasteiger partial charge in [-0.15, -0.1) is 0 Å². The Morgan fingerprint density at radius 2 is 1.56 bits per heavy atom. The van der Waals surface area contributed by atoms with Crippen LogP contribution < -0.4 is 0 Å². The van der Waals surface area contributed by atoms with E-state index in [4.69, 9.17) is 51.1 Å². The standard InChI is InChI=1S/C18H12Cl4N2O/c19-10-1-3-12(14(21)7-10)16-9-24-6-5-23-18(24)17(25-16)13-4-2-11(20)8-15(13)22/h1-8,16-17H,9H2. The zero-order chi connectivity index (χ0) is 17.6. The molecule has 0 saturated carbocycles. The van der Waals surface area contributed by atoms with Gasteiger partial charge >= 0.3 is 0 Å². The van der Waals surface area contributed by atoms with Gasteiger partial charge in [0.25, 0.3) is 0 Å². The highest BCUT2D eigenvalue weighted by Crippen LogP contribution is 2.41. The van der Waals surface area contributed by atoms with E-state index in [0.717, 1.165) is 17.0 Å². The highest BCUT2D eigenvalue weighted by atomic mass is 35.5. The van der Waals surface area contributed by atoms with Crippen LogP contribution in [0.15, 0.2) is 48.8 Å². The smallest absolute Gasteiger partial charge is 0.143 e. The molecule has 2 atom stereocenters. The first-order valence-electron chi connectivity index (χ1n) is 7.59. The summed E-state index contributed by atoms with van der Waals surface area (Å²) >= 11 is 24.8. The van der Waals surface area contributed by atoms with Crippen molar-refractivity contribution in [1.82, 2.24) is 9.55 Å². The summed E-state index contributed by atoms with van der Waals surface area (Å²) in [6.45, 7) is 0.610. The summed E-state index contributed by atoms with van der Waals surface area (Å²) < 4.78 is 8.40. The predicted molar refractivity (Wildman–Crippen MR) is 101 cm³/mol. The number of hydrogen-bond donors (Lipinski definition) is 0. The zero-order valence-electron chi connectivity index (χ0n) is 12.8. The second-order valence-corrected chi connectivity index (χ2v) is 7.46. The molecule has 1 aliphatic heterocycles. The van der Waals surface area contributed by atoms with E-state index in [1.54, 1.807) is 30.5 Å². The molecule has 0 bridgehead atoms. The Bertz CT molecular complexity index is 941. The maximum absolute atomic E-state index is 6.40. The topological polar surface area (TPSA) is 27.1 Å². The van der Waals surface area contributed by atoms with E-state index < -0.39 is 6.10 Å². The van der Waals surface area contributed by atoms with Gasteiger partial charge in [-0.1, -0.05) is 58.5 Å². The Morgan fingerprint density at radius 1 is 0.920 bits per heavy atom. The first-order valence-corrected chi connectivity index (χ1v) is 9.10. The van der Waals surface area contributed by atoms with Gasteiger partial charge in [-0.05, 0) is 24.3 Å². The molecular weight excluding hydrogens is 402 g/mol. The molecule has 0 amide bonds. The molecule has 3 nitrogen and oxygen atoms in total. The Morgan fingerprint density at radius 3 is 2.20 bits per heavy atom. The van der Waals surface area contributed by atoms with E-state index in [2.05, 4.69) is 9.55 Å². The lowest BCUT2D eigenvalue weighted by atomic mass is 10.0. The fourth-order valence-corrected chi connectivity index (χ4v) is 4.06. The summed E-state index contributed by atoms with van der Waals surface area (Å²) in [4.78, 5) is 4.44. The van der Waals surface area contributed by atoms with Crippen LogP contribution in [0.4, 0.5) is 0 Å². The number of benzene rings is 2. The molecule has 0 saturated heterocycles. The highest BCUT2D eigenvalue weighted by Gasteiger charge is 2.32. The number of aromatic nitrogens is 2. The van der Waals surface area contributed by atoms with Crippen LogP contribution in [0.25, 0.3) is 0 Å². The molecule has 0 aliphatic carbocycles. The van der Waals surface area contributed by atoms with Crippen molar-refractivity contribution >= 4 is 46.4 Å². The monoisotopic (exact) mass is 412 g/mol. The first kappa shape index (κ1) is 17.2. The van der Waals surface area contributed by atoms with Crippen LogP contribution in [-0.2, 0) is 11.3 Å². The molecule has 3 aromatic rings. The average Bonchev–Trinajstić information content (AvgIpc) is 3.02. The zero-order valence-corrected chi connectivity index (χ0v) is 15.8. The average molecular weight is 414 g/mol. The maximum atomic E-state index is 6.40. The van der Waals surface area contributed by atoms with Gasteiger partial charge < -0.3 is 9.30 Å². The maximum Gasteiger partial charge on any atom is 0.143 e. The Labute approximate surface area is 165 Å². The van der Waals surface area contributed by atoms with Crippen molar-refractivity contribution < 1.29 is 4.74 Å². The normalized spacial score (nSPS) is 19.7. The minimum absolute atomic E-state index is 0.247. The molecule has 1 aliphatic rings. The fraction of sp³-hybridized carbons (Fsp3) is 0.167. The van der Waals surface area contributed by atoms with Crippen LogP contribution in [0.1, 0.15) is 29.2 Å². The van der Waals surface area contributed by atoms with Crippen LogP contribution in [0.5, 0.6) is 0 Å². The van der Waals surface area contributed by atoms with Gasteiger partial charge in [-0.3, -0.25) is 0 Å². The number of halogens is 4. The van der Waals surface area contributed by atoms with Crippen molar-refractivity contribution in [1.29, 1.82) is 0 Å². The van der Waals surface area contributed by atoms with E-state index in [0.29, 0.717) is 26.6 Å². The number of ether oxygens (including phenoxy) is 1. The number of hydrogen-bond acceptors (Lipinski definition) is 2. The number of fused-ring (bicyclic) bond motifs is 1. The van der Waals surface area contributed by atoms with Crippen molar-refractivity contribution in [2.75, 3.05) is 0 Å². The van der Waals surface area contributed by atoms with Gasteiger partial charge in [0, 0.05) is 43.6 Å². The molecule has 0 N–H and O–H groups in total. The van der Waals surface area contributed by atoms with E-state index in [1.165, 1.54) is 0 Å². The predicted octanol–water partition coefficient (Wildman–Crippen LogP) is 6.36. The minimum atomic E-state index is -0.412. The summed E-state index contributed by atoms with van der Waals surface area (Å²) in [5.41, 5.74) is 1.69. The lowest BCUT2D eigenvalue weighted by Gasteiger charge is -2.32. The quantitative estimate of drug-likeness (QED) is 0.488. The van der Waals surface area contributed by atoms with Crippen LogP contribution in [-0.4, -0.2) is 9.55 Å². The van der Waals surface area contributed by atoms with Crippen LogP contribution in [0.3, 0.4) is 0 Å². The van der Waals surface area contributed by atoms with Crippen molar-refractivity contribution in [3.05, 3.63) is 85.8 Å². The van der Waals surface area contributed by atoms with Gasteiger partial charge in [0.2, 0.25) is 0 Å². The van der Waals surface area contributed by atoms with Gasteiger partial charge in [-0.25, -0.2) is 4.98 Å². The van der Waals surface area contributed by atoms with Crippen LogP contribution in [0, 0.1) is 0 Å². The molecular formula is C18H12Cl4N2O. The molecule has 0 radical (unpaired) electrons. The van der Waals surface area contributed by atoms with Gasteiger partial charge in [0.15, 0.2) is 0 Å². The summed E-state index contributed by atoms with van der Waals surface area (Å²) in [6, 6.07) is 10.8. The molecule has 128 valence electrons. The molecule has 2 heterocycles. The van der Waals surface area contributed by atoms with Gasteiger partial charge in [0.05, 0.1) is 6.54 Å². The lowest BCUT2D eigenvalue weighted by Crippen LogP contribution is -2.26. The first-order chi connectivity index (χ1) is 12.0. The molecule has 2 aromatic carbocycles. The van der Waals surface area contributed by atoms with E-state index in [9.17, 15) is 0 Å². The highest BCUT2D eigenvalue weighted by molar-refractivity contribution is 6.35. The Kier molecular flexibility index (Phi) is 4.69. The molecule has 7 heteroatoms. The Balaban J connectivity index is 1.77. The second-order valence-electron chi connectivity index (χ2n) is 5.77. The molecule has 1 aromatic heterocycles. The lowest BCUT2D eigenvalue weighted by molar-refractivity contribution is -0.0308. The largest absolute Gasteiger partial charge is 0.356 e. The number of rotatable bonds is 2. The summed E-state index contributed by atoms with van der Waals surface area (Å²) in [5, 5.41) is 2.27. The molecule has 0 fully saturated rings. The second kappa shape index (κ2) is 6.82. The van der Waals surface area contributed by atoms with Crippen LogP contribution in [0.2, 0.25) is 20.1 Å². The SMILES string of the molecule is Clc1ccc(C2Cn3ccnc3C(c3ccc(Cl)cc3Cl)O2)c(Cl)c1. The van der Waals surface area contributed by atoms with Crippen molar-refractivity contribution in [3.8, 4) is 0 Å². The number of nitrogens with zero attached hydrogens (tertiary/aromatic N) is 2. The number of imidazole rings is 1. The molecule has 0 spiro atoms. The third-order valence-electron chi connectivity index (χ3n) is 4.20. The summed E-state index contributed by atoms with van der Waals surface area (Å²) in [5.74, 6) is 0.797. The fourth-order valence-electron chi connectivity index (χ4n) is 3.02. The van der Waals surface area contributed by atoms with Gasteiger partial charge in [0.1, 0.15) is 18.0 Å². The summed E-state index contributed by atoms with van der Waals surface area (Å²) in [6.07, 6.45) is 3.01. The summed E-state index contributed by atoms with van der Waals surface area (Å²) in [7, 11) is 0. The van der Waals surface area contributed by atoms with E-state index in [1.807, 2.05) is 18.3 Å². The molecule has 25 heavy (non-hydrogen) atoms. The third-order valence-corrected chi connectivity index (χ3v) is 5.32. The van der Waals surface area contributed by atoms with Crippen molar-refractivity contribution in [2.24, 2.45) is 0 Å². The van der Waals surface area contributed by atoms with E-state index in [-0.39, 0.29) is 6.10 Å². The molecule has 4 rings (SSSR count). The van der Waals surface area contributed by atoms with Crippen LogP contribution >= 0.6 is 46.4 Å². The van der Waals surface area contributed by atoms with Crippen molar-refractivity contribution in [3.63, 3.8) is 0 Å². The molecule has 2 unspecified atom stereocenters. The minimum Gasteiger partial charge on any atom is -0.356 e. The third kappa shape index (κ3) is 3.27. The van der Waals surface area contributed by atoms with Crippen molar-refractivity contribution in [2.45, 2.75) is 18.8 Å². The Hall–Kier alpha value is -1.23.